The Bertz CT molecular complexity index is 878. The van der Waals surface area contributed by atoms with Gasteiger partial charge in [-0.15, -0.1) is 0 Å². The molecule has 148 valence electrons. The standard InChI is InChI=1S/C21H22O7/c1-25-19-10-14(11-20(26-2)21(19)27-3)4-5-15(23)12-16(24)6-7-17-8-9-18(13-22)28-17/h4-12,22-23H,13H2,1-3H3/b5-4+,7-6+,15-12-. The Morgan fingerprint density at radius 2 is 1.71 bits per heavy atom. The fraction of sp³-hybridized carbons (Fsp3) is 0.190. The number of hydrogen-bond acceptors (Lipinski definition) is 7. The molecular formula is C21H22O7. The summed E-state index contributed by atoms with van der Waals surface area (Å²) >= 11 is 0. The highest BCUT2D eigenvalue weighted by Gasteiger charge is 2.12. The molecule has 1 aromatic heterocycles. The number of furan rings is 1. The summed E-state index contributed by atoms with van der Waals surface area (Å²) in [4.78, 5) is 11.9. The zero-order valence-corrected chi connectivity index (χ0v) is 15.8. The summed E-state index contributed by atoms with van der Waals surface area (Å²) in [5.41, 5.74) is 0.685. The molecule has 0 aliphatic rings. The third-order valence-electron chi connectivity index (χ3n) is 3.67. The van der Waals surface area contributed by atoms with Crippen molar-refractivity contribution >= 4 is 17.9 Å². The largest absolute Gasteiger partial charge is 0.508 e. The van der Waals surface area contributed by atoms with Crippen LogP contribution in [0.1, 0.15) is 17.1 Å². The first-order chi connectivity index (χ1) is 13.5. The molecule has 0 unspecified atom stereocenters. The van der Waals surface area contributed by atoms with Crippen LogP contribution < -0.4 is 14.2 Å². The normalized spacial score (nSPS) is 11.9. The Labute approximate surface area is 162 Å². The Morgan fingerprint density at radius 1 is 1.04 bits per heavy atom. The Kier molecular flexibility index (Phi) is 7.47. The van der Waals surface area contributed by atoms with Gasteiger partial charge in [0.15, 0.2) is 17.3 Å². The van der Waals surface area contributed by atoms with E-state index in [2.05, 4.69) is 0 Å². The van der Waals surface area contributed by atoms with Crippen molar-refractivity contribution in [1.29, 1.82) is 0 Å². The number of ketones is 1. The van der Waals surface area contributed by atoms with Crippen molar-refractivity contribution in [1.82, 2.24) is 0 Å². The topological polar surface area (TPSA) is 98.4 Å². The van der Waals surface area contributed by atoms with E-state index in [0.29, 0.717) is 34.3 Å². The van der Waals surface area contributed by atoms with Gasteiger partial charge >= 0.3 is 0 Å². The van der Waals surface area contributed by atoms with Gasteiger partial charge in [0.25, 0.3) is 0 Å². The maximum Gasteiger partial charge on any atom is 0.203 e. The molecular weight excluding hydrogens is 364 g/mol. The van der Waals surface area contributed by atoms with Crippen LogP contribution in [0.4, 0.5) is 0 Å². The first kappa shape index (κ1) is 20.9. The molecule has 2 aromatic rings. The van der Waals surface area contributed by atoms with Gasteiger partial charge in [-0.2, -0.15) is 0 Å². The smallest absolute Gasteiger partial charge is 0.203 e. The summed E-state index contributed by atoms with van der Waals surface area (Å²) in [6.45, 7) is -0.214. The van der Waals surface area contributed by atoms with Crippen molar-refractivity contribution in [2.24, 2.45) is 0 Å². The highest BCUT2D eigenvalue weighted by atomic mass is 16.5. The van der Waals surface area contributed by atoms with Gasteiger partial charge in [-0.1, -0.05) is 6.08 Å². The van der Waals surface area contributed by atoms with Crippen LogP contribution in [0.2, 0.25) is 0 Å². The summed E-state index contributed by atoms with van der Waals surface area (Å²) in [5, 5.41) is 18.9. The van der Waals surface area contributed by atoms with E-state index in [0.717, 1.165) is 6.08 Å². The van der Waals surface area contributed by atoms with Crippen molar-refractivity contribution in [3.05, 3.63) is 65.3 Å². The third-order valence-corrected chi connectivity index (χ3v) is 3.67. The van der Waals surface area contributed by atoms with Gasteiger partial charge in [-0.25, -0.2) is 0 Å². The second kappa shape index (κ2) is 10.0. The summed E-state index contributed by atoms with van der Waals surface area (Å²) in [7, 11) is 4.53. The molecule has 0 atom stereocenters. The van der Waals surface area contributed by atoms with Gasteiger partial charge < -0.3 is 28.8 Å². The molecule has 0 saturated heterocycles. The van der Waals surface area contributed by atoms with E-state index in [9.17, 15) is 9.90 Å². The molecule has 2 rings (SSSR count). The molecule has 0 amide bonds. The minimum Gasteiger partial charge on any atom is -0.508 e. The molecule has 1 heterocycles. The zero-order chi connectivity index (χ0) is 20.5. The van der Waals surface area contributed by atoms with Gasteiger partial charge in [0.1, 0.15) is 23.9 Å². The number of rotatable bonds is 9. The van der Waals surface area contributed by atoms with Crippen LogP contribution in [0.5, 0.6) is 17.2 Å². The lowest BCUT2D eigenvalue weighted by molar-refractivity contribution is -0.110. The minimum atomic E-state index is -0.422. The average Bonchev–Trinajstić information content (AvgIpc) is 3.18. The van der Waals surface area contributed by atoms with Crippen LogP contribution in [-0.4, -0.2) is 37.3 Å². The number of allylic oxidation sites excluding steroid dienone is 3. The molecule has 7 heteroatoms. The van der Waals surface area contributed by atoms with E-state index in [1.807, 2.05) is 0 Å². The predicted molar refractivity (Wildman–Crippen MR) is 105 cm³/mol. The summed E-state index contributed by atoms with van der Waals surface area (Å²) in [5.74, 6) is 1.60. The lowest BCUT2D eigenvalue weighted by Gasteiger charge is -2.12. The molecule has 0 spiro atoms. The first-order valence-corrected chi connectivity index (χ1v) is 8.31. The van der Waals surface area contributed by atoms with Crippen LogP contribution >= 0.6 is 0 Å². The van der Waals surface area contributed by atoms with Gasteiger partial charge in [0.2, 0.25) is 5.75 Å². The summed E-state index contributed by atoms with van der Waals surface area (Å²) in [6, 6.07) is 6.66. The fourth-order valence-corrected chi connectivity index (χ4v) is 2.35. The summed E-state index contributed by atoms with van der Waals surface area (Å²) < 4.78 is 21.0. The molecule has 7 nitrogen and oxygen atoms in total. The molecule has 0 fully saturated rings. The maximum atomic E-state index is 11.9. The van der Waals surface area contributed by atoms with Gasteiger partial charge in [-0.3, -0.25) is 4.79 Å². The lowest BCUT2D eigenvalue weighted by atomic mass is 10.1. The second-order valence-corrected chi connectivity index (χ2v) is 5.56. The van der Waals surface area contributed by atoms with Crippen LogP contribution in [0, 0.1) is 0 Å². The second-order valence-electron chi connectivity index (χ2n) is 5.56. The molecule has 0 saturated carbocycles. The number of carbonyl (C=O) groups excluding carboxylic acids is 1. The number of carbonyl (C=O) groups is 1. The number of hydrogen-bond donors (Lipinski definition) is 2. The van der Waals surface area contributed by atoms with Gasteiger partial charge in [-0.05, 0) is 48.1 Å². The minimum absolute atomic E-state index is 0.214. The van der Waals surface area contributed by atoms with E-state index in [1.54, 1.807) is 30.3 Å². The SMILES string of the molecule is COc1cc(/C=C/C(O)=C/C(=O)/C=C/c2ccc(CO)o2)cc(OC)c1OC. The monoisotopic (exact) mass is 386 g/mol. The molecule has 1 aromatic carbocycles. The molecule has 0 radical (unpaired) electrons. The number of benzene rings is 1. The Balaban J connectivity index is 2.11. The van der Waals surface area contributed by atoms with E-state index >= 15 is 0 Å². The Hall–Kier alpha value is -3.45. The average molecular weight is 386 g/mol. The van der Waals surface area contributed by atoms with Crippen LogP contribution in [0.3, 0.4) is 0 Å². The third kappa shape index (κ3) is 5.52. The quantitative estimate of drug-likeness (QED) is 0.386. The first-order valence-electron chi connectivity index (χ1n) is 8.31. The zero-order valence-electron chi connectivity index (χ0n) is 15.8. The number of ether oxygens (including phenoxy) is 3. The van der Waals surface area contributed by atoms with Crippen LogP contribution in [0.15, 0.2) is 52.7 Å². The Morgan fingerprint density at radius 3 is 2.25 bits per heavy atom. The van der Waals surface area contributed by atoms with Gasteiger partial charge in [0, 0.05) is 6.08 Å². The highest BCUT2D eigenvalue weighted by molar-refractivity contribution is 6.02. The van der Waals surface area contributed by atoms with Crippen LogP contribution in [0.25, 0.3) is 12.2 Å². The van der Waals surface area contributed by atoms with Crippen molar-refractivity contribution in [3.63, 3.8) is 0 Å². The number of aliphatic hydroxyl groups is 2. The highest BCUT2D eigenvalue weighted by Crippen LogP contribution is 2.38. The van der Waals surface area contributed by atoms with E-state index < -0.39 is 5.78 Å². The van der Waals surface area contributed by atoms with E-state index in [4.69, 9.17) is 23.7 Å². The molecule has 0 aliphatic carbocycles. The lowest BCUT2D eigenvalue weighted by Crippen LogP contribution is -1.95. The van der Waals surface area contributed by atoms with Crippen LogP contribution in [-0.2, 0) is 11.4 Å². The predicted octanol–water partition coefficient (Wildman–Crippen LogP) is 3.54. The molecule has 2 N–H and O–H groups in total. The number of methoxy groups -OCH3 is 3. The van der Waals surface area contributed by atoms with E-state index in [1.165, 1.54) is 39.6 Å². The van der Waals surface area contributed by atoms with Gasteiger partial charge in [0.05, 0.1) is 21.3 Å². The molecule has 28 heavy (non-hydrogen) atoms. The van der Waals surface area contributed by atoms with Crippen molar-refractivity contribution in [3.8, 4) is 17.2 Å². The van der Waals surface area contributed by atoms with Crippen molar-refractivity contribution in [2.45, 2.75) is 6.61 Å². The fourth-order valence-electron chi connectivity index (χ4n) is 2.35. The summed E-state index contributed by atoms with van der Waals surface area (Å²) in [6.07, 6.45) is 6.76. The molecule has 0 aliphatic heterocycles. The van der Waals surface area contributed by atoms with Crippen molar-refractivity contribution < 1.29 is 33.6 Å². The maximum absolute atomic E-state index is 11.9. The van der Waals surface area contributed by atoms with Crippen molar-refractivity contribution in [2.75, 3.05) is 21.3 Å². The van der Waals surface area contributed by atoms with E-state index in [-0.39, 0.29) is 12.4 Å². The number of aliphatic hydroxyl groups excluding tert-OH is 2. The molecule has 0 bridgehead atoms.